The Balaban J connectivity index is 2.21. The first-order chi connectivity index (χ1) is 9.81. The van der Waals surface area contributed by atoms with Crippen LogP contribution in [0.3, 0.4) is 0 Å². The zero-order chi connectivity index (χ0) is 14.2. The van der Waals surface area contributed by atoms with Gasteiger partial charge in [0.1, 0.15) is 0 Å². The van der Waals surface area contributed by atoms with Gasteiger partial charge in [-0.15, -0.1) is 0 Å². The van der Waals surface area contributed by atoms with Gasteiger partial charge in [-0.05, 0) is 48.0 Å². The van der Waals surface area contributed by atoms with Crippen LogP contribution in [0.4, 0.5) is 0 Å². The molecule has 2 rings (SSSR count). The summed E-state index contributed by atoms with van der Waals surface area (Å²) in [7, 11) is 0. The zero-order valence-corrected chi connectivity index (χ0v) is 12.4. The summed E-state index contributed by atoms with van der Waals surface area (Å²) in [5.41, 5.74) is 5.28. The molecule has 0 N–H and O–H groups in total. The van der Waals surface area contributed by atoms with Gasteiger partial charge in [0.25, 0.3) is 0 Å². The molecule has 1 aliphatic carbocycles. The number of unbranched alkanes of at least 4 members (excludes halogenated alkanes) is 1. The molecule has 0 aliphatic heterocycles. The third-order valence-corrected chi connectivity index (χ3v) is 3.72. The Bertz CT molecular complexity index is 526. The first-order valence-electron chi connectivity index (χ1n) is 7.62. The monoisotopic (exact) mass is 264 g/mol. The van der Waals surface area contributed by atoms with Gasteiger partial charge in [0, 0.05) is 0 Å². The molecule has 0 atom stereocenters. The Morgan fingerprint density at radius 3 is 2.70 bits per heavy atom. The normalized spacial score (nSPS) is 15.1. The maximum Gasteiger partial charge on any atom is -0.0190 e. The Morgan fingerprint density at radius 2 is 2.05 bits per heavy atom. The third kappa shape index (κ3) is 4.09. The molecule has 0 saturated heterocycles. The molecule has 0 nitrogen and oxygen atoms in total. The Labute approximate surface area is 123 Å². The van der Waals surface area contributed by atoms with Crippen LogP contribution in [0.2, 0.25) is 0 Å². The highest BCUT2D eigenvalue weighted by atomic mass is 14.1. The molecule has 0 heterocycles. The fourth-order valence-electron chi connectivity index (χ4n) is 2.51. The van der Waals surface area contributed by atoms with Gasteiger partial charge in [-0.1, -0.05) is 74.6 Å². The van der Waals surface area contributed by atoms with Crippen molar-refractivity contribution in [2.75, 3.05) is 0 Å². The van der Waals surface area contributed by atoms with Crippen LogP contribution < -0.4 is 0 Å². The molecule has 0 fully saturated rings. The average molecular weight is 264 g/mol. The fourth-order valence-corrected chi connectivity index (χ4v) is 2.51. The molecule has 1 aromatic rings. The van der Waals surface area contributed by atoms with Crippen LogP contribution in [0.5, 0.6) is 0 Å². The molecule has 1 aromatic carbocycles. The lowest BCUT2D eigenvalue weighted by molar-refractivity contribution is 0.780. The smallest absolute Gasteiger partial charge is 0.0190 e. The Morgan fingerprint density at radius 1 is 1.25 bits per heavy atom. The molecule has 0 saturated carbocycles. The van der Waals surface area contributed by atoms with Crippen molar-refractivity contribution in [1.29, 1.82) is 0 Å². The van der Waals surface area contributed by atoms with Crippen LogP contribution in [0.25, 0.3) is 5.57 Å². The Kier molecular flexibility index (Phi) is 5.61. The molecule has 0 aromatic heterocycles. The molecule has 0 amide bonds. The summed E-state index contributed by atoms with van der Waals surface area (Å²) in [6.45, 7) is 6.49. The summed E-state index contributed by atoms with van der Waals surface area (Å²) in [6, 6.07) is 10.5. The van der Waals surface area contributed by atoms with E-state index in [2.05, 4.69) is 62.1 Å². The van der Waals surface area contributed by atoms with Gasteiger partial charge >= 0.3 is 0 Å². The number of rotatable bonds is 6. The molecular weight excluding hydrogens is 240 g/mol. The first kappa shape index (κ1) is 14.6. The minimum Gasteiger partial charge on any atom is -0.0911 e. The van der Waals surface area contributed by atoms with Gasteiger partial charge in [0.15, 0.2) is 0 Å². The van der Waals surface area contributed by atoms with Crippen LogP contribution >= 0.6 is 0 Å². The van der Waals surface area contributed by atoms with Crippen molar-refractivity contribution < 1.29 is 0 Å². The lowest BCUT2D eigenvalue weighted by Crippen LogP contribution is -1.94. The van der Waals surface area contributed by atoms with Crippen molar-refractivity contribution in [1.82, 2.24) is 0 Å². The standard InChI is InChI=1S/C20H24/c1-3-4-11-20(19-14-9-6-10-15-19)16-17(2)18-12-7-5-8-13-18/h5-9,12-14,16H,2-4,10-11,15H2,1H3/b20-16+. The second-order valence-corrected chi connectivity index (χ2v) is 5.32. The summed E-state index contributed by atoms with van der Waals surface area (Å²) in [6.07, 6.45) is 14.9. The molecule has 104 valence electrons. The predicted octanol–water partition coefficient (Wildman–Crippen LogP) is 6.09. The average Bonchev–Trinajstić information content (AvgIpc) is 2.53. The zero-order valence-electron chi connectivity index (χ0n) is 12.4. The van der Waals surface area contributed by atoms with Crippen molar-refractivity contribution in [3.63, 3.8) is 0 Å². The summed E-state index contributed by atoms with van der Waals surface area (Å²) in [5.74, 6) is 0. The Hall–Kier alpha value is -1.82. The minimum atomic E-state index is 1.12. The third-order valence-electron chi connectivity index (χ3n) is 3.72. The number of allylic oxidation sites excluding steroid dienone is 7. The highest BCUT2D eigenvalue weighted by Gasteiger charge is 2.07. The molecule has 0 spiro atoms. The summed E-state index contributed by atoms with van der Waals surface area (Å²) in [4.78, 5) is 0. The van der Waals surface area contributed by atoms with Crippen LogP contribution in [-0.2, 0) is 0 Å². The van der Waals surface area contributed by atoms with Crippen LogP contribution in [0.15, 0.2) is 72.4 Å². The first-order valence-corrected chi connectivity index (χ1v) is 7.62. The van der Waals surface area contributed by atoms with E-state index in [0.29, 0.717) is 0 Å². The highest BCUT2D eigenvalue weighted by Crippen LogP contribution is 2.27. The number of benzene rings is 1. The summed E-state index contributed by atoms with van der Waals surface area (Å²) in [5, 5.41) is 0. The lowest BCUT2D eigenvalue weighted by Gasteiger charge is -2.14. The van der Waals surface area contributed by atoms with E-state index in [0.717, 1.165) is 24.8 Å². The fraction of sp³-hybridized carbons (Fsp3) is 0.300. The summed E-state index contributed by atoms with van der Waals surface area (Å²) >= 11 is 0. The van der Waals surface area contributed by atoms with Crippen molar-refractivity contribution in [2.24, 2.45) is 0 Å². The molecular formula is C20H24. The van der Waals surface area contributed by atoms with Crippen LogP contribution in [0, 0.1) is 0 Å². The van der Waals surface area contributed by atoms with Gasteiger partial charge in [-0.3, -0.25) is 0 Å². The van der Waals surface area contributed by atoms with E-state index in [1.165, 1.54) is 29.6 Å². The topological polar surface area (TPSA) is 0 Å². The lowest BCUT2D eigenvalue weighted by atomic mass is 9.91. The van der Waals surface area contributed by atoms with E-state index in [1.807, 2.05) is 6.07 Å². The SMILES string of the molecule is C=C(/C=C(\CCCC)C1=CC=CCC1)c1ccccc1. The molecule has 20 heavy (non-hydrogen) atoms. The van der Waals surface area contributed by atoms with Gasteiger partial charge in [-0.25, -0.2) is 0 Å². The van der Waals surface area contributed by atoms with Gasteiger partial charge < -0.3 is 0 Å². The maximum atomic E-state index is 4.25. The number of hydrogen-bond acceptors (Lipinski definition) is 0. The van der Waals surface area contributed by atoms with Crippen molar-refractivity contribution >= 4 is 5.57 Å². The quantitative estimate of drug-likeness (QED) is 0.545. The molecule has 1 aliphatic rings. The predicted molar refractivity (Wildman–Crippen MR) is 89.5 cm³/mol. The van der Waals surface area contributed by atoms with Crippen LogP contribution in [-0.4, -0.2) is 0 Å². The van der Waals surface area contributed by atoms with E-state index in [1.54, 1.807) is 0 Å². The second-order valence-electron chi connectivity index (χ2n) is 5.32. The van der Waals surface area contributed by atoms with Gasteiger partial charge in [0.2, 0.25) is 0 Å². The van der Waals surface area contributed by atoms with E-state index < -0.39 is 0 Å². The van der Waals surface area contributed by atoms with Gasteiger partial charge in [0.05, 0.1) is 0 Å². The molecule has 0 bridgehead atoms. The maximum absolute atomic E-state index is 4.25. The highest BCUT2D eigenvalue weighted by molar-refractivity contribution is 5.73. The second kappa shape index (κ2) is 7.69. The van der Waals surface area contributed by atoms with Crippen molar-refractivity contribution in [3.05, 3.63) is 77.9 Å². The van der Waals surface area contributed by atoms with Gasteiger partial charge in [-0.2, -0.15) is 0 Å². The molecule has 0 heteroatoms. The largest absolute Gasteiger partial charge is 0.0911 e. The van der Waals surface area contributed by atoms with E-state index in [-0.39, 0.29) is 0 Å². The van der Waals surface area contributed by atoms with E-state index in [9.17, 15) is 0 Å². The van der Waals surface area contributed by atoms with Crippen molar-refractivity contribution in [2.45, 2.75) is 39.0 Å². The molecule has 0 radical (unpaired) electrons. The molecule has 0 unspecified atom stereocenters. The van der Waals surface area contributed by atoms with E-state index >= 15 is 0 Å². The minimum absolute atomic E-state index is 1.12. The van der Waals surface area contributed by atoms with Crippen LogP contribution in [0.1, 0.15) is 44.6 Å². The van der Waals surface area contributed by atoms with Crippen molar-refractivity contribution in [3.8, 4) is 0 Å². The summed E-state index contributed by atoms with van der Waals surface area (Å²) < 4.78 is 0. The number of hydrogen-bond donors (Lipinski definition) is 0. The van der Waals surface area contributed by atoms with E-state index in [4.69, 9.17) is 0 Å².